The molecule has 1 amide bonds. The van der Waals surface area contributed by atoms with Crippen LogP contribution in [-0.4, -0.2) is 11.7 Å². The molecule has 0 aliphatic carbocycles. The summed E-state index contributed by atoms with van der Waals surface area (Å²) in [6.07, 6.45) is 0. The third kappa shape index (κ3) is 4.62. The van der Waals surface area contributed by atoms with Gasteiger partial charge in [-0.15, -0.1) is 11.8 Å². The highest BCUT2D eigenvalue weighted by Gasteiger charge is 2.03. The highest BCUT2D eigenvalue weighted by atomic mass is 32.2. The Bertz CT molecular complexity index is 827. The molecule has 2 nitrogen and oxygen atoms in total. The van der Waals surface area contributed by atoms with Gasteiger partial charge in [-0.3, -0.25) is 4.79 Å². The third-order valence-corrected chi connectivity index (χ3v) is 4.93. The van der Waals surface area contributed by atoms with E-state index in [0.717, 1.165) is 11.3 Å². The van der Waals surface area contributed by atoms with E-state index in [4.69, 9.17) is 0 Å². The van der Waals surface area contributed by atoms with Gasteiger partial charge >= 0.3 is 0 Å². The van der Waals surface area contributed by atoms with Crippen LogP contribution in [0.5, 0.6) is 0 Å². The summed E-state index contributed by atoms with van der Waals surface area (Å²) < 4.78 is 0. The minimum Gasteiger partial charge on any atom is -0.351 e. The van der Waals surface area contributed by atoms with E-state index in [-0.39, 0.29) is 5.91 Å². The fraction of sp³-hybridized carbons (Fsp3) is 0.190. The molecular formula is C21H21NOS. The highest BCUT2D eigenvalue weighted by Crippen LogP contribution is 2.16. The van der Waals surface area contributed by atoms with Crippen molar-refractivity contribution in [1.29, 1.82) is 0 Å². The molecule has 122 valence electrons. The van der Waals surface area contributed by atoms with Crippen molar-refractivity contribution < 1.29 is 4.79 Å². The number of carbonyl (C=O) groups excluding carboxylic acids is 1. The van der Waals surface area contributed by atoms with Crippen LogP contribution in [-0.2, 0) is 17.1 Å². The van der Waals surface area contributed by atoms with E-state index in [1.54, 1.807) is 11.8 Å². The quantitative estimate of drug-likeness (QED) is 0.707. The van der Waals surface area contributed by atoms with Crippen LogP contribution in [0.1, 0.15) is 16.7 Å². The number of rotatable bonds is 6. The number of thioether (sulfide) groups is 1. The highest BCUT2D eigenvalue weighted by molar-refractivity contribution is 7.99. The van der Waals surface area contributed by atoms with E-state index in [1.165, 1.54) is 21.9 Å². The molecule has 0 saturated carbocycles. The first kappa shape index (κ1) is 16.6. The zero-order valence-corrected chi connectivity index (χ0v) is 14.6. The molecule has 0 fully saturated rings. The second kappa shape index (κ2) is 8.02. The van der Waals surface area contributed by atoms with Crippen molar-refractivity contribution in [3.63, 3.8) is 0 Å². The topological polar surface area (TPSA) is 29.1 Å². The van der Waals surface area contributed by atoms with Gasteiger partial charge < -0.3 is 5.32 Å². The standard InChI is InChI=1S/C21H21NOS/c1-16-6-8-17(9-7-16)14-24-15-21(23)22-13-18-10-11-19-4-2-3-5-20(19)12-18/h2-12H,13-15H2,1H3,(H,22,23). The van der Waals surface area contributed by atoms with Crippen molar-refractivity contribution in [2.45, 2.75) is 19.2 Å². The largest absolute Gasteiger partial charge is 0.351 e. The molecule has 0 heterocycles. The lowest BCUT2D eigenvalue weighted by atomic mass is 10.1. The van der Waals surface area contributed by atoms with Crippen LogP contribution in [0.25, 0.3) is 10.8 Å². The SMILES string of the molecule is Cc1ccc(CSCC(=O)NCc2ccc3ccccc3c2)cc1. The third-order valence-electron chi connectivity index (χ3n) is 3.93. The molecule has 0 aliphatic heterocycles. The summed E-state index contributed by atoms with van der Waals surface area (Å²) >= 11 is 1.65. The molecule has 24 heavy (non-hydrogen) atoms. The summed E-state index contributed by atoms with van der Waals surface area (Å²) in [4.78, 5) is 12.0. The summed E-state index contributed by atoms with van der Waals surface area (Å²) in [6, 6.07) is 23.0. The molecule has 0 radical (unpaired) electrons. The maximum atomic E-state index is 12.0. The molecule has 0 spiro atoms. The Balaban J connectivity index is 1.45. The van der Waals surface area contributed by atoms with Gasteiger partial charge in [-0.2, -0.15) is 0 Å². The van der Waals surface area contributed by atoms with E-state index >= 15 is 0 Å². The van der Waals surface area contributed by atoms with Gasteiger partial charge in [0.2, 0.25) is 5.91 Å². The molecule has 0 aromatic heterocycles. The van der Waals surface area contributed by atoms with Gasteiger partial charge in [-0.1, -0.05) is 66.2 Å². The molecule has 3 aromatic rings. The summed E-state index contributed by atoms with van der Waals surface area (Å²) in [5, 5.41) is 5.43. The Kier molecular flexibility index (Phi) is 5.55. The molecule has 3 aromatic carbocycles. The van der Waals surface area contributed by atoms with Crippen LogP contribution in [0.2, 0.25) is 0 Å². The monoisotopic (exact) mass is 335 g/mol. The average molecular weight is 335 g/mol. The molecule has 0 aliphatic rings. The molecule has 0 atom stereocenters. The first-order chi connectivity index (χ1) is 11.7. The zero-order chi connectivity index (χ0) is 16.8. The van der Waals surface area contributed by atoms with Crippen molar-refractivity contribution in [2.75, 3.05) is 5.75 Å². The number of hydrogen-bond donors (Lipinski definition) is 1. The van der Waals surface area contributed by atoms with Gasteiger partial charge in [0, 0.05) is 12.3 Å². The Morgan fingerprint density at radius 1 is 0.917 bits per heavy atom. The number of aryl methyl sites for hydroxylation is 1. The smallest absolute Gasteiger partial charge is 0.230 e. The Morgan fingerprint density at radius 3 is 2.42 bits per heavy atom. The Hall–Kier alpha value is -2.26. The Labute approximate surface area is 147 Å². The number of fused-ring (bicyclic) bond motifs is 1. The van der Waals surface area contributed by atoms with Crippen molar-refractivity contribution in [2.24, 2.45) is 0 Å². The van der Waals surface area contributed by atoms with Crippen LogP contribution in [0.4, 0.5) is 0 Å². The van der Waals surface area contributed by atoms with Gasteiger partial charge in [-0.25, -0.2) is 0 Å². The maximum absolute atomic E-state index is 12.0. The van der Waals surface area contributed by atoms with E-state index < -0.39 is 0 Å². The molecule has 1 N–H and O–H groups in total. The van der Waals surface area contributed by atoms with E-state index in [1.807, 2.05) is 12.1 Å². The summed E-state index contributed by atoms with van der Waals surface area (Å²) in [5.41, 5.74) is 3.65. The van der Waals surface area contributed by atoms with Gasteiger partial charge in [0.15, 0.2) is 0 Å². The molecule has 0 unspecified atom stereocenters. The second-order valence-corrected chi connectivity index (χ2v) is 6.92. The van der Waals surface area contributed by atoms with Crippen molar-refractivity contribution in [1.82, 2.24) is 5.32 Å². The fourth-order valence-corrected chi connectivity index (χ4v) is 3.36. The second-order valence-electron chi connectivity index (χ2n) is 5.94. The number of amides is 1. The summed E-state index contributed by atoms with van der Waals surface area (Å²) in [6.45, 7) is 2.66. The van der Waals surface area contributed by atoms with Crippen LogP contribution >= 0.6 is 11.8 Å². The fourth-order valence-electron chi connectivity index (χ4n) is 2.55. The molecule has 0 saturated heterocycles. The average Bonchev–Trinajstić information content (AvgIpc) is 2.61. The molecule has 0 bridgehead atoms. The number of carbonyl (C=O) groups is 1. The number of nitrogens with one attached hydrogen (secondary N) is 1. The summed E-state index contributed by atoms with van der Waals surface area (Å²) in [7, 11) is 0. The summed E-state index contributed by atoms with van der Waals surface area (Å²) in [5.74, 6) is 1.44. The van der Waals surface area contributed by atoms with Crippen LogP contribution in [0.15, 0.2) is 66.7 Å². The first-order valence-corrected chi connectivity index (χ1v) is 9.24. The van der Waals surface area contributed by atoms with E-state index in [0.29, 0.717) is 12.3 Å². The van der Waals surface area contributed by atoms with Crippen LogP contribution in [0, 0.1) is 6.92 Å². The first-order valence-electron chi connectivity index (χ1n) is 8.08. The Morgan fingerprint density at radius 2 is 1.62 bits per heavy atom. The minimum atomic E-state index is 0.0836. The maximum Gasteiger partial charge on any atom is 0.230 e. The molecule has 3 rings (SSSR count). The number of hydrogen-bond acceptors (Lipinski definition) is 2. The predicted molar refractivity (Wildman–Crippen MR) is 103 cm³/mol. The van der Waals surface area contributed by atoms with Gasteiger partial charge in [0.25, 0.3) is 0 Å². The molecular weight excluding hydrogens is 314 g/mol. The lowest BCUT2D eigenvalue weighted by Crippen LogP contribution is -2.24. The van der Waals surface area contributed by atoms with Crippen molar-refractivity contribution in [3.05, 3.63) is 83.4 Å². The van der Waals surface area contributed by atoms with E-state index in [2.05, 4.69) is 66.8 Å². The minimum absolute atomic E-state index is 0.0836. The van der Waals surface area contributed by atoms with Crippen molar-refractivity contribution >= 4 is 28.4 Å². The van der Waals surface area contributed by atoms with Gasteiger partial charge in [-0.05, 0) is 34.9 Å². The van der Waals surface area contributed by atoms with E-state index in [9.17, 15) is 4.79 Å². The van der Waals surface area contributed by atoms with Gasteiger partial charge in [0.1, 0.15) is 0 Å². The normalized spacial score (nSPS) is 10.7. The van der Waals surface area contributed by atoms with Crippen LogP contribution in [0.3, 0.4) is 0 Å². The zero-order valence-electron chi connectivity index (χ0n) is 13.8. The number of benzene rings is 3. The predicted octanol–water partition coefficient (Wildman–Crippen LogP) is 4.70. The van der Waals surface area contributed by atoms with Crippen LogP contribution < -0.4 is 5.32 Å². The molecule has 3 heteroatoms. The lowest BCUT2D eigenvalue weighted by Gasteiger charge is -2.07. The lowest BCUT2D eigenvalue weighted by molar-refractivity contribution is -0.118. The van der Waals surface area contributed by atoms with Crippen molar-refractivity contribution in [3.8, 4) is 0 Å². The van der Waals surface area contributed by atoms with Gasteiger partial charge in [0.05, 0.1) is 5.75 Å².